The summed E-state index contributed by atoms with van der Waals surface area (Å²) in [6.07, 6.45) is 3.34. The predicted octanol–water partition coefficient (Wildman–Crippen LogP) is 2.85. The van der Waals surface area contributed by atoms with E-state index >= 15 is 0 Å². The number of benzene rings is 2. The summed E-state index contributed by atoms with van der Waals surface area (Å²) in [5.74, 6) is 0.212. The van der Waals surface area contributed by atoms with Gasteiger partial charge in [0, 0.05) is 29.3 Å². The van der Waals surface area contributed by atoms with Crippen molar-refractivity contribution >= 4 is 40.0 Å². The quantitative estimate of drug-likeness (QED) is 0.682. The highest BCUT2D eigenvalue weighted by Gasteiger charge is 2.38. The number of carbonyl (C=O) groups excluding carboxylic acids is 3. The number of amides is 3. The monoisotopic (exact) mass is 418 g/mol. The molecule has 0 saturated carbocycles. The molecule has 31 heavy (non-hydrogen) atoms. The van der Waals surface area contributed by atoms with Gasteiger partial charge in [-0.15, -0.1) is 0 Å². The lowest BCUT2D eigenvalue weighted by molar-refractivity contribution is -0.119. The first-order chi connectivity index (χ1) is 15.0. The van der Waals surface area contributed by atoms with Crippen LogP contribution in [0.3, 0.4) is 0 Å². The molecule has 3 heterocycles. The Labute approximate surface area is 178 Å². The first-order valence-electron chi connectivity index (χ1n) is 10.2. The zero-order valence-corrected chi connectivity index (χ0v) is 17.1. The highest BCUT2D eigenvalue weighted by molar-refractivity contribution is 6.11. The number of hydrogen-bond donors (Lipinski definition) is 2. The average Bonchev–Trinajstić information content (AvgIpc) is 3.39. The van der Waals surface area contributed by atoms with E-state index in [-0.39, 0.29) is 24.3 Å². The molecular formula is C23H22N4O4. The highest BCUT2D eigenvalue weighted by Crippen LogP contribution is 2.30. The summed E-state index contributed by atoms with van der Waals surface area (Å²) in [7, 11) is 1.62. The van der Waals surface area contributed by atoms with Gasteiger partial charge in [0.15, 0.2) is 0 Å². The topological polar surface area (TPSA) is 92.7 Å². The van der Waals surface area contributed by atoms with E-state index in [9.17, 15) is 14.4 Å². The SMILES string of the molecule is COc1ccc2c(ccn2CC(=O)Nc2ccc3c(c2)C(=O)N2CCC[C@H]2C(=O)N3)c1. The highest BCUT2D eigenvalue weighted by atomic mass is 16.5. The van der Waals surface area contributed by atoms with Gasteiger partial charge in [-0.05, 0) is 55.3 Å². The fourth-order valence-electron chi connectivity index (χ4n) is 4.36. The number of nitrogens with one attached hydrogen (secondary N) is 2. The van der Waals surface area contributed by atoms with Crippen molar-refractivity contribution in [3.8, 4) is 5.75 Å². The Bertz CT molecular complexity index is 1220. The fraction of sp³-hybridized carbons (Fsp3) is 0.261. The molecule has 0 unspecified atom stereocenters. The lowest BCUT2D eigenvalue weighted by Gasteiger charge is -2.20. The van der Waals surface area contributed by atoms with E-state index in [1.807, 2.05) is 35.0 Å². The molecule has 2 N–H and O–H groups in total. The number of ether oxygens (including phenoxy) is 1. The Kier molecular flexibility index (Phi) is 4.62. The number of anilines is 2. The minimum atomic E-state index is -0.418. The first-order valence-corrected chi connectivity index (χ1v) is 10.2. The lowest BCUT2D eigenvalue weighted by atomic mass is 10.1. The molecule has 0 bridgehead atoms. The zero-order chi connectivity index (χ0) is 21.5. The van der Waals surface area contributed by atoms with Crippen molar-refractivity contribution in [2.24, 2.45) is 0 Å². The third-order valence-corrected chi connectivity index (χ3v) is 5.90. The molecule has 3 amide bonds. The van der Waals surface area contributed by atoms with Crippen molar-refractivity contribution in [2.45, 2.75) is 25.4 Å². The molecule has 3 aromatic rings. The lowest BCUT2D eigenvalue weighted by Crippen LogP contribution is -2.40. The number of hydrogen-bond acceptors (Lipinski definition) is 4. The molecule has 0 radical (unpaired) electrons. The Hall–Kier alpha value is -3.81. The fourth-order valence-corrected chi connectivity index (χ4v) is 4.36. The normalized spacial score (nSPS) is 17.7. The first kappa shape index (κ1) is 19.2. The summed E-state index contributed by atoms with van der Waals surface area (Å²) in [6, 6.07) is 12.2. The van der Waals surface area contributed by atoms with E-state index in [2.05, 4.69) is 10.6 Å². The Morgan fingerprint density at radius 3 is 2.90 bits per heavy atom. The van der Waals surface area contributed by atoms with Crippen LogP contribution in [0.15, 0.2) is 48.7 Å². The predicted molar refractivity (Wildman–Crippen MR) is 116 cm³/mol. The van der Waals surface area contributed by atoms with E-state index in [4.69, 9.17) is 4.74 Å². The standard InChI is InChI=1S/C23H22N4O4/c1-31-16-5-7-19-14(11-16)8-10-26(19)13-21(28)24-15-4-6-18-17(12-15)23(30)27-9-2-3-20(27)22(29)25-18/h4-8,10-12,20H,2-3,9,13H2,1H3,(H,24,28)(H,25,29)/t20-/m0/s1. The Morgan fingerprint density at radius 2 is 2.06 bits per heavy atom. The summed E-state index contributed by atoms with van der Waals surface area (Å²) in [6.45, 7) is 0.699. The number of carbonyl (C=O) groups is 3. The van der Waals surface area contributed by atoms with Gasteiger partial charge in [0.05, 0.1) is 18.4 Å². The minimum absolute atomic E-state index is 0.131. The smallest absolute Gasteiger partial charge is 0.256 e. The van der Waals surface area contributed by atoms with Crippen molar-refractivity contribution in [3.05, 3.63) is 54.2 Å². The molecule has 2 aliphatic heterocycles. The second kappa shape index (κ2) is 7.46. The second-order valence-corrected chi connectivity index (χ2v) is 7.82. The number of rotatable bonds is 4. The van der Waals surface area contributed by atoms with E-state index in [0.717, 1.165) is 23.1 Å². The molecule has 5 rings (SSSR count). The van der Waals surface area contributed by atoms with Crippen LogP contribution in [0, 0.1) is 0 Å². The summed E-state index contributed by atoms with van der Waals surface area (Å²) in [5.41, 5.74) is 2.32. The minimum Gasteiger partial charge on any atom is -0.497 e. The van der Waals surface area contributed by atoms with Crippen LogP contribution in [-0.4, -0.2) is 46.9 Å². The molecule has 8 nitrogen and oxygen atoms in total. The molecule has 0 aliphatic carbocycles. The molecule has 2 aliphatic rings. The van der Waals surface area contributed by atoms with Crippen LogP contribution in [0.25, 0.3) is 10.9 Å². The van der Waals surface area contributed by atoms with Gasteiger partial charge < -0.3 is 24.8 Å². The zero-order valence-electron chi connectivity index (χ0n) is 17.1. The maximum Gasteiger partial charge on any atom is 0.256 e. The van der Waals surface area contributed by atoms with Crippen molar-refractivity contribution in [3.63, 3.8) is 0 Å². The van der Waals surface area contributed by atoms with Gasteiger partial charge in [-0.2, -0.15) is 0 Å². The van der Waals surface area contributed by atoms with Gasteiger partial charge in [0.1, 0.15) is 18.3 Å². The molecular weight excluding hydrogens is 396 g/mol. The van der Waals surface area contributed by atoms with Gasteiger partial charge in [-0.25, -0.2) is 0 Å². The van der Waals surface area contributed by atoms with E-state index in [1.165, 1.54) is 0 Å². The van der Waals surface area contributed by atoms with Crippen LogP contribution < -0.4 is 15.4 Å². The number of methoxy groups -OCH3 is 1. The molecule has 8 heteroatoms. The second-order valence-electron chi connectivity index (χ2n) is 7.82. The third-order valence-electron chi connectivity index (χ3n) is 5.90. The molecule has 1 aromatic heterocycles. The summed E-state index contributed by atoms with van der Waals surface area (Å²) in [5, 5.41) is 6.69. The van der Waals surface area contributed by atoms with Gasteiger partial charge >= 0.3 is 0 Å². The molecule has 2 aromatic carbocycles. The van der Waals surface area contributed by atoms with Crippen LogP contribution in [0.1, 0.15) is 23.2 Å². The summed E-state index contributed by atoms with van der Waals surface area (Å²) >= 11 is 0. The van der Waals surface area contributed by atoms with Crippen LogP contribution in [0.4, 0.5) is 11.4 Å². The molecule has 1 fully saturated rings. The van der Waals surface area contributed by atoms with E-state index in [1.54, 1.807) is 30.2 Å². The number of fused-ring (bicyclic) bond motifs is 3. The van der Waals surface area contributed by atoms with E-state index in [0.29, 0.717) is 29.9 Å². The van der Waals surface area contributed by atoms with Crippen LogP contribution in [0.2, 0.25) is 0 Å². The molecule has 1 saturated heterocycles. The Balaban J connectivity index is 1.35. The van der Waals surface area contributed by atoms with Crippen molar-refractivity contribution in [2.75, 3.05) is 24.3 Å². The van der Waals surface area contributed by atoms with Crippen molar-refractivity contribution in [1.29, 1.82) is 0 Å². The van der Waals surface area contributed by atoms with E-state index < -0.39 is 6.04 Å². The maximum atomic E-state index is 13.0. The maximum absolute atomic E-state index is 13.0. The van der Waals surface area contributed by atoms with Crippen LogP contribution in [-0.2, 0) is 16.1 Å². The summed E-state index contributed by atoms with van der Waals surface area (Å²) < 4.78 is 7.10. The van der Waals surface area contributed by atoms with Gasteiger partial charge in [0.25, 0.3) is 5.91 Å². The largest absolute Gasteiger partial charge is 0.497 e. The van der Waals surface area contributed by atoms with Crippen molar-refractivity contribution in [1.82, 2.24) is 9.47 Å². The molecule has 1 atom stereocenters. The van der Waals surface area contributed by atoms with Gasteiger partial charge in [0.2, 0.25) is 11.8 Å². The van der Waals surface area contributed by atoms with Crippen LogP contribution in [0.5, 0.6) is 5.75 Å². The average molecular weight is 418 g/mol. The number of nitrogens with zero attached hydrogens (tertiary/aromatic N) is 2. The number of aromatic nitrogens is 1. The van der Waals surface area contributed by atoms with Crippen molar-refractivity contribution < 1.29 is 19.1 Å². The van der Waals surface area contributed by atoms with Gasteiger partial charge in [-0.3, -0.25) is 14.4 Å². The molecule has 0 spiro atoms. The van der Waals surface area contributed by atoms with Crippen LogP contribution >= 0.6 is 0 Å². The summed E-state index contributed by atoms with van der Waals surface area (Å²) in [4.78, 5) is 39.7. The molecule has 158 valence electrons. The third kappa shape index (κ3) is 3.39. The van der Waals surface area contributed by atoms with Gasteiger partial charge in [-0.1, -0.05) is 0 Å². The Morgan fingerprint density at radius 1 is 1.19 bits per heavy atom.